The lowest BCUT2D eigenvalue weighted by atomic mass is 10.3. The number of esters is 2. The lowest BCUT2D eigenvalue weighted by Crippen LogP contribution is -2.43. The summed E-state index contributed by atoms with van der Waals surface area (Å²) in [6.07, 6.45) is 0. The number of nitrogens with one attached hydrogen (secondary N) is 2. The number of rotatable bonds is 9. The van der Waals surface area contributed by atoms with Gasteiger partial charge in [0.25, 0.3) is 0 Å². The number of ether oxygens (including phenoxy) is 1. The molecule has 23 heavy (non-hydrogen) atoms. The Kier molecular flexibility index (Phi) is 10.1. The molecule has 0 aromatic heterocycles. The average Bonchev–Trinajstić information content (AvgIpc) is 2.38. The quantitative estimate of drug-likeness (QED) is 0.214. The van der Waals surface area contributed by atoms with Crippen LogP contribution in [0.5, 0.6) is 0 Å². The van der Waals surface area contributed by atoms with Gasteiger partial charge in [-0.15, -0.1) is 0 Å². The Morgan fingerprint density at radius 1 is 0.913 bits per heavy atom. The van der Waals surface area contributed by atoms with E-state index in [0.29, 0.717) is 0 Å². The van der Waals surface area contributed by atoms with Gasteiger partial charge in [0.1, 0.15) is 12.1 Å². The molecule has 3 N–H and O–H groups in total. The first-order valence-electron chi connectivity index (χ1n) is 6.37. The number of aliphatic carboxylic acids is 1. The second-order valence-electron chi connectivity index (χ2n) is 4.33. The van der Waals surface area contributed by atoms with Crippen LogP contribution in [0.15, 0.2) is 0 Å². The zero-order valence-electron chi connectivity index (χ0n) is 12.8. The predicted octanol–water partition coefficient (Wildman–Crippen LogP) is -0.448. The van der Waals surface area contributed by atoms with Crippen LogP contribution in [0.2, 0.25) is 0 Å². The fourth-order valence-corrected chi connectivity index (χ4v) is 3.58. The van der Waals surface area contributed by atoms with E-state index in [1.807, 2.05) is 0 Å². The molecule has 11 heteroatoms. The summed E-state index contributed by atoms with van der Waals surface area (Å²) in [7, 11) is 2.21. The van der Waals surface area contributed by atoms with Crippen molar-refractivity contribution in [2.24, 2.45) is 0 Å². The van der Waals surface area contributed by atoms with Crippen LogP contribution in [0.4, 0.5) is 0 Å². The van der Waals surface area contributed by atoms with Gasteiger partial charge in [-0.2, -0.15) is 0 Å². The van der Waals surface area contributed by atoms with Gasteiger partial charge in [-0.1, -0.05) is 21.6 Å². The van der Waals surface area contributed by atoms with E-state index in [0.717, 1.165) is 28.5 Å². The molecule has 0 spiro atoms. The van der Waals surface area contributed by atoms with E-state index >= 15 is 0 Å². The molecule has 130 valence electrons. The molecule has 0 saturated heterocycles. The summed E-state index contributed by atoms with van der Waals surface area (Å²) in [5.74, 6) is -3.66. The highest BCUT2D eigenvalue weighted by atomic mass is 33.1. The third-order valence-electron chi connectivity index (χ3n) is 2.13. The van der Waals surface area contributed by atoms with E-state index < -0.39 is 41.8 Å². The number of hydrogen-bond acceptors (Lipinski definition) is 8. The predicted molar refractivity (Wildman–Crippen MR) is 84.5 cm³/mol. The monoisotopic (exact) mass is 366 g/mol. The Morgan fingerprint density at radius 2 is 1.35 bits per heavy atom. The highest BCUT2D eigenvalue weighted by Gasteiger charge is 2.24. The molecule has 0 aliphatic carbocycles. The fraction of sp³-hybridized carbons (Fsp3) is 0.583. The first kappa shape index (κ1) is 21.2. The van der Waals surface area contributed by atoms with Gasteiger partial charge in [-0.25, -0.2) is 9.59 Å². The Hall–Kier alpha value is -1.75. The lowest BCUT2D eigenvalue weighted by Gasteiger charge is -2.16. The summed E-state index contributed by atoms with van der Waals surface area (Å²) in [5.41, 5.74) is 0. The van der Waals surface area contributed by atoms with Crippen molar-refractivity contribution in [2.45, 2.75) is 32.9 Å². The van der Waals surface area contributed by atoms with Crippen molar-refractivity contribution in [1.82, 2.24) is 10.6 Å². The van der Waals surface area contributed by atoms with Crippen LogP contribution in [0.25, 0.3) is 0 Å². The molecular weight excluding hydrogens is 348 g/mol. The molecule has 0 bridgehead atoms. The van der Waals surface area contributed by atoms with Crippen LogP contribution in [0.3, 0.4) is 0 Å². The third-order valence-corrected chi connectivity index (χ3v) is 4.56. The number of carbonyl (C=O) groups is 5. The molecule has 0 aromatic carbocycles. The van der Waals surface area contributed by atoms with Gasteiger partial charge < -0.3 is 20.5 Å². The van der Waals surface area contributed by atoms with Crippen LogP contribution < -0.4 is 10.6 Å². The fourth-order valence-electron chi connectivity index (χ4n) is 1.28. The van der Waals surface area contributed by atoms with Gasteiger partial charge in [0.15, 0.2) is 0 Å². The molecule has 0 aromatic rings. The molecule has 0 aliphatic heterocycles. The van der Waals surface area contributed by atoms with Crippen molar-refractivity contribution in [3.63, 3.8) is 0 Å². The zero-order chi connectivity index (χ0) is 18.0. The van der Waals surface area contributed by atoms with Gasteiger partial charge in [0, 0.05) is 32.3 Å². The van der Waals surface area contributed by atoms with E-state index in [1.54, 1.807) is 0 Å². The Balaban J connectivity index is 4.42. The van der Waals surface area contributed by atoms with Crippen molar-refractivity contribution >= 4 is 51.3 Å². The summed E-state index contributed by atoms with van der Waals surface area (Å²) < 4.78 is 4.42. The van der Waals surface area contributed by atoms with Gasteiger partial charge in [-0.3, -0.25) is 14.4 Å². The zero-order valence-corrected chi connectivity index (χ0v) is 14.4. The van der Waals surface area contributed by atoms with E-state index in [1.165, 1.54) is 13.8 Å². The molecule has 2 unspecified atom stereocenters. The SMILES string of the molecule is CC(=O)NC(CSSCC(NC(C)=O)C(=O)OC(C)=O)C(=O)O. The topological polar surface area (TPSA) is 139 Å². The molecule has 0 saturated carbocycles. The molecule has 2 atom stereocenters. The maximum absolute atomic E-state index is 11.6. The second-order valence-corrected chi connectivity index (χ2v) is 6.88. The van der Waals surface area contributed by atoms with E-state index in [4.69, 9.17) is 5.11 Å². The summed E-state index contributed by atoms with van der Waals surface area (Å²) in [4.78, 5) is 55.3. The van der Waals surface area contributed by atoms with Crippen LogP contribution in [-0.4, -0.2) is 58.4 Å². The first-order chi connectivity index (χ1) is 10.6. The summed E-state index contributed by atoms with van der Waals surface area (Å²) in [6.45, 7) is 3.48. The van der Waals surface area contributed by atoms with Crippen molar-refractivity contribution < 1.29 is 33.8 Å². The van der Waals surface area contributed by atoms with Crippen LogP contribution >= 0.6 is 21.6 Å². The van der Waals surface area contributed by atoms with Gasteiger partial charge >= 0.3 is 17.9 Å². The number of hydrogen-bond donors (Lipinski definition) is 3. The minimum absolute atomic E-state index is 0.0636. The number of amides is 2. The smallest absolute Gasteiger partial charge is 0.337 e. The summed E-state index contributed by atoms with van der Waals surface area (Å²) in [6, 6.07) is -2.09. The number of carboxylic acids is 1. The maximum Gasteiger partial charge on any atom is 0.337 e. The normalized spacial score (nSPS) is 12.7. The standard InChI is InChI=1S/C12H18N2O7S2/c1-6(15)13-9(11(18)19)4-22-23-5-10(14-7(2)16)12(20)21-8(3)17/h9-10H,4-5H2,1-3H3,(H,13,15)(H,14,16)(H,18,19). The molecule has 0 aliphatic rings. The molecule has 9 nitrogen and oxygen atoms in total. The Bertz CT molecular complexity index is 484. The minimum Gasteiger partial charge on any atom is -0.480 e. The lowest BCUT2D eigenvalue weighted by molar-refractivity contribution is -0.160. The van der Waals surface area contributed by atoms with Crippen LogP contribution in [-0.2, 0) is 28.7 Å². The molecule has 2 amide bonds. The average molecular weight is 366 g/mol. The maximum atomic E-state index is 11.6. The van der Waals surface area contributed by atoms with Gasteiger partial charge in [0.2, 0.25) is 11.8 Å². The number of carboxylic acid groups (broad SMARTS) is 1. The molecular formula is C12H18N2O7S2. The van der Waals surface area contributed by atoms with E-state index in [2.05, 4.69) is 15.4 Å². The van der Waals surface area contributed by atoms with Crippen molar-refractivity contribution in [2.75, 3.05) is 11.5 Å². The Morgan fingerprint density at radius 3 is 1.74 bits per heavy atom. The van der Waals surface area contributed by atoms with Crippen molar-refractivity contribution in [3.05, 3.63) is 0 Å². The van der Waals surface area contributed by atoms with Crippen molar-refractivity contribution in [3.8, 4) is 0 Å². The molecule has 0 heterocycles. The van der Waals surface area contributed by atoms with Crippen LogP contribution in [0, 0.1) is 0 Å². The van der Waals surface area contributed by atoms with Crippen LogP contribution in [0.1, 0.15) is 20.8 Å². The second kappa shape index (κ2) is 10.9. The summed E-state index contributed by atoms with van der Waals surface area (Å²) >= 11 is 0. The molecule has 0 rings (SSSR count). The third kappa shape index (κ3) is 10.6. The largest absolute Gasteiger partial charge is 0.480 e. The van der Waals surface area contributed by atoms with Gasteiger partial charge in [0.05, 0.1) is 0 Å². The number of carbonyl (C=O) groups excluding carboxylic acids is 4. The van der Waals surface area contributed by atoms with E-state index in [-0.39, 0.29) is 11.5 Å². The highest BCUT2D eigenvalue weighted by molar-refractivity contribution is 8.76. The molecule has 0 radical (unpaired) electrons. The van der Waals surface area contributed by atoms with Gasteiger partial charge in [-0.05, 0) is 0 Å². The highest BCUT2D eigenvalue weighted by Crippen LogP contribution is 2.23. The minimum atomic E-state index is -1.18. The Labute approximate surface area is 140 Å². The molecule has 0 fully saturated rings. The first-order valence-corrected chi connectivity index (χ1v) is 8.86. The van der Waals surface area contributed by atoms with Crippen molar-refractivity contribution in [1.29, 1.82) is 0 Å². The summed E-state index contributed by atoms with van der Waals surface area (Å²) in [5, 5.41) is 13.5. The van der Waals surface area contributed by atoms with E-state index in [9.17, 15) is 24.0 Å².